The van der Waals surface area contributed by atoms with Gasteiger partial charge in [0, 0.05) is 11.0 Å². The van der Waals surface area contributed by atoms with Crippen molar-refractivity contribution in [2.24, 2.45) is 0 Å². The Morgan fingerprint density at radius 3 is 3.00 bits per heavy atom. The molecule has 0 aliphatic heterocycles. The lowest BCUT2D eigenvalue weighted by molar-refractivity contribution is 1.15. The molecular formula is C15H14BrN3S2. The van der Waals surface area contributed by atoms with E-state index in [1.807, 2.05) is 18.2 Å². The summed E-state index contributed by atoms with van der Waals surface area (Å²) in [7, 11) is 0. The maximum atomic E-state index is 5.99. The van der Waals surface area contributed by atoms with Gasteiger partial charge in [-0.1, -0.05) is 39.8 Å². The fourth-order valence-electron chi connectivity index (χ4n) is 2.09. The number of aromatic nitrogens is 1. The maximum Gasteiger partial charge on any atom is 0.150 e. The summed E-state index contributed by atoms with van der Waals surface area (Å²) < 4.78 is 3.33. The third-order valence-electron chi connectivity index (χ3n) is 3.14. The minimum absolute atomic E-state index is 0.704. The van der Waals surface area contributed by atoms with Gasteiger partial charge in [-0.3, -0.25) is 0 Å². The number of rotatable bonds is 4. The number of hydrogen-bond donors (Lipinski definition) is 2. The molecule has 0 amide bonds. The van der Waals surface area contributed by atoms with E-state index in [0.717, 1.165) is 25.7 Å². The predicted molar refractivity (Wildman–Crippen MR) is 97.3 cm³/mol. The molecule has 0 radical (unpaired) electrons. The van der Waals surface area contributed by atoms with Crippen LogP contribution in [0.1, 0.15) is 5.56 Å². The zero-order valence-electron chi connectivity index (χ0n) is 11.4. The van der Waals surface area contributed by atoms with E-state index >= 15 is 0 Å². The summed E-state index contributed by atoms with van der Waals surface area (Å²) >= 11 is 6.88. The Balaban J connectivity index is 1.88. The standard InChI is InChI=1S/C15H14BrN3S2/c1-20-15-19-14-9(3-2-4-13(14)21-15)8-18-12-7-10(16)5-6-11(12)17/h2-7,18H,8,17H2,1H3. The van der Waals surface area contributed by atoms with E-state index in [-0.39, 0.29) is 0 Å². The molecule has 3 rings (SSSR count). The molecule has 3 nitrogen and oxygen atoms in total. The van der Waals surface area contributed by atoms with Crippen molar-refractivity contribution in [3.8, 4) is 0 Å². The molecule has 3 aromatic rings. The molecule has 2 aromatic carbocycles. The Kier molecular flexibility index (Phi) is 4.37. The second kappa shape index (κ2) is 6.25. The van der Waals surface area contributed by atoms with Crippen LogP contribution in [0.2, 0.25) is 0 Å². The average molecular weight is 380 g/mol. The van der Waals surface area contributed by atoms with Crippen molar-refractivity contribution in [3.63, 3.8) is 0 Å². The van der Waals surface area contributed by atoms with E-state index in [9.17, 15) is 0 Å². The number of nitrogens with one attached hydrogen (secondary N) is 1. The van der Waals surface area contributed by atoms with Gasteiger partial charge in [-0.2, -0.15) is 0 Å². The van der Waals surface area contributed by atoms with Gasteiger partial charge >= 0.3 is 0 Å². The van der Waals surface area contributed by atoms with Gasteiger partial charge in [-0.05, 0) is 36.1 Å². The van der Waals surface area contributed by atoms with Crippen LogP contribution in [0.15, 0.2) is 45.2 Å². The highest BCUT2D eigenvalue weighted by atomic mass is 79.9. The SMILES string of the molecule is CSc1nc2c(CNc3cc(Br)ccc3N)cccc2s1. The van der Waals surface area contributed by atoms with Crippen LogP contribution in [0.5, 0.6) is 0 Å². The lowest BCUT2D eigenvalue weighted by Crippen LogP contribution is -2.03. The molecule has 0 aliphatic rings. The summed E-state index contributed by atoms with van der Waals surface area (Å²) in [6.07, 6.45) is 2.05. The summed E-state index contributed by atoms with van der Waals surface area (Å²) in [6, 6.07) is 12.1. The molecule has 21 heavy (non-hydrogen) atoms. The quantitative estimate of drug-likeness (QED) is 0.495. The molecule has 0 unspecified atom stereocenters. The number of thiazole rings is 1. The predicted octanol–water partition coefficient (Wildman–Crippen LogP) is 4.98. The highest BCUT2D eigenvalue weighted by molar-refractivity contribution is 9.10. The first-order chi connectivity index (χ1) is 10.2. The van der Waals surface area contributed by atoms with Crippen molar-refractivity contribution < 1.29 is 0 Å². The molecule has 1 heterocycles. The Morgan fingerprint density at radius 1 is 1.33 bits per heavy atom. The number of anilines is 2. The number of fused-ring (bicyclic) bond motifs is 1. The largest absolute Gasteiger partial charge is 0.397 e. The molecule has 1 aromatic heterocycles. The summed E-state index contributed by atoms with van der Waals surface area (Å²) in [5.74, 6) is 0. The van der Waals surface area contributed by atoms with Crippen molar-refractivity contribution in [1.82, 2.24) is 4.98 Å². The highest BCUT2D eigenvalue weighted by Crippen LogP contribution is 2.31. The molecule has 0 aliphatic carbocycles. The van der Waals surface area contributed by atoms with Gasteiger partial charge in [0.2, 0.25) is 0 Å². The molecule has 108 valence electrons. The zero-order chi connectivity index (χ0) is 14.8. The Labute approximate surface area is 140 Å². The summed E-state index contributed by atoms with van der Waals surface area (Å²) in [6.45, 7) is 0.704. The second-order valence-electron chi connectivity index (χ2n) is 4.53. The average Bonchev–Trinajstić information content (AvgIpc) is 2.92. The van der Waals surface area contributed by atoms with Gasteiger partial charge in [-0.25, -0.2) is 4.98 Å². The molecule has 0 spiro atoms. The van der Waals surface area contributed by atoms with Crippen molar-refractivity contribution >= 4 is 60.6 Å². The van der Waals surface area contributed by atoms with Crippen molar-refractivity contribution in [2.75, 3.05) is 17.3 Å². The molecule has 3 N–H and O–H groups in total. The van der Waals surface area contributed by atoms with Gasteiger partial charge in [0.15, 0.2) is 4.34 Å². The molecule has 6 heteroatoms. The lowest BCUT2D eigenvalue weighted by Gasteiger charge is -2.10. The molecule has 0 saturated carbocycles. The van der Waals surface area contributed by atoms with E-state index in [2.05, 4.69) is 50.7 Å². The van der Waals surface area contributed by atoms with Gasteiger partial charge in [-0.15, -0.1) is 11.3 Å². The Hall–Kier alpha value is -1.24. The van der Waals surface area contributed by atoms with E-state index < -0.39 is 0 Å². The van der Waals surface area contributed by atoms with E-state index in [1.54, 1.807) is 23.1 Å². The van der Waals surface area contributed by atoms with Crippen LogP contribution >= 0.6 is 39.0 Å². The van der Waals surface area contributed by atoms with Crippen LogP contribution in [-0.2, 0) is 6.54 Å². The van der Waals surface area contributed by atoms with Crippen molar-refractivity contribution in [2.45, 2.75) is 10.9 Å². The summed E-state index contributed by atoms with van der Waals surface area (Å²) in [4.78, 5) is 4.68. The van der Waals surface area contributed by atoms with Gasteiger partial charge < -0.3 is 11.1 Å². The number of nitrogen functional groups attached to an aromatic ring is 1. The number of hydrogen-bond acceptors (Lipinski definition) is 5. The third-order valence-corrected chi connectivity index (χ3v) is 5.64. The van der Waals surface area contributed by atoms with Crippen LogP contribution < -0.4 is 11.1 Å². The molecule has 0 saturated heterocycles. The van der Waals surface area contributed by atoms with Crippen LogP contribution in [0, 0.1) is 0 Å². The van der Waals surface area contributed by atoms with Gasteiger partial charge in [0.05, 0.1) is 21.6 Å². The first-order valence-corrected chi connectivity index (χ1v) is 9.22. The topological polar surface area (TPSA) is 50.9 Å². The number of para-hydroxylation sites is 1. The fourth-order valence-corrected chi connectivity index (χ4v) is 3.98. The van der Waals surface area contributed by atoms with Crippen molar-refractivity contribution in [3.05, 3.63) is 46.4 Å². The minimum Gasteiger partial charge on any atom is -0.397 e. The molecule has 0 bridgehead atoms. The summed E-state index contributed by atoms with van der Waals surface area (Å²) in [5.41, 5.74) is 9.93. The zero-order valence-corrected chi connectivity index (χ0v) is 14.6. The smallest absolute Gasteiger partial charge is 0.150 e. The number of nitrogens with zero attached hydrogens (tertiary/aromatic N) is 1. The van der Waals surface area contributed by atoms with Gasteiger partial charge in [0.25, 0.3) is 0 Å². The van der Waals surface area contributed by atoms with Crippen LogP contribution in [-0.4, -0.2) is 11.2 Å². The lowest BCUT2D eigenvalue weighted by atomic mass is 10.2. The van der Waals surface area contributed by atoms with E-state index in [4.69, 9.17) is 5.73 Å². The monoisotopic (exact) mass is 379 g/mol. The normalized spacial score (nSPS) is 11.0. The number of thioether (sulfide) groups is 1. The maximum absolute atomic E-state index is 5.99. The van der Waals surface area contributed by atoms with Crippen LogP contribution in [0.25, 0.3) is 10.2 Å². The number of nitrogens with two attached hydrogens (primary N) is 1. The van der Waals surface area contributed by atoms with E-state index in [1.165, 1.54) is 10.3 Å². The molecule has 0 atom stereocenters. The minimum atomic E-state index is 0.704. The first kappa shape index (κ1) is 14.7. The van der Waals surface area contributed by atoms with Crippen LogP contribution in [0.3, 0.4) is 0 Å². The Morgan fingerprint density at radius 2 is 2.19 bits per heavy atom. The summed E-state index contributed by atoms with van der Waals surface area (Å²) in [5, 5.41) is 3.39. The number of halogens is 1. The van der Waals surface area contributed by atoms with E-state index in [0.29, 0.717) is 6.54 Å². The van der Waals surface area contributed by atoms with Gasteiger partial charge in [0.1, 0.15) is 0 Å². The van der Waals surface area contributed by atoms with Crippen LogP contribution in [0.4, 0.5) is 11.4 Å². The Bertz CT molecular complexity index is 786. The second-order valence-corrected chi connectivity index (χ2v) is 7.53. The fraction of sp³-hybridized carbons (Fsp3) is 0.133. The highest BCUT2D eigenvalue weighted by Gasteiger charge is 2.08. The first-order valence-electron chi connectivity index (χ1n) is 6.38. The molecule has 0 fully saturated rings. The molecular weight excluding hydrogens is 366 g/mol. The third kappa shape index (κ3) is 3.17. The van der Waals surface area contributed by atoms with Crippen molar-refractivity contribution in [1.29, 1.82) is 0 Å². The number of benzene rings is 2.